The fourth-order valence-electron chi connectivity index (χ4n) is 2.74. The number of hydrogen-bond acceptors (Lipinski definition) is 5. The van der Waals surface area contributed by atoms with Crippen molar-refractivity contribution in [2.75, 3.05) is 18.6 Å². The van der Waals surface area contributed by atoms with Crippen LogP contribution in [0.1, 0.15) is 44.3 Å². The molecule has 0 heterocycles. The first-order valence-electron chi connectivity index (χ1n) is 7.00. The third-order valence-corrected chi connectivity index (χ3v) is 3.75. The smallest absolute Gasteiger partial charge is 0.336 e. The SMILES string of the molecule is CC(=O)OCC(=O)N(C)c1c(C)c(C(=O)O)c(C)c(C(=O)O)c1C. The Hall–Kier alpha value is -2.90. The number of likely N-dealkylation sites (N-methyl/N-ethyl adjacent to an activating group) is 1. The number of carboxylic acid groups (broad SMARTS) is 2. The monoisotopic (exact) mass is 337 g/mol. The van der Waals surface area contributed by atoms with Gasteiger partial charge in [0.2, 0.25) is 0 Å². The van der Waals surface area contributed by atoms with E-state index in [4.69, 9.17) is 0 Å². The van der Waals surface area contributed by atoms with Crippen LogP contribution in [0.2, 0.25) is 0 Å². The normalized spacial score (nSPS) is 10.2. The van der Waals surface area contributed by atoms with Gasteiger partial charge in [-0.15, -0.1) is 0 Å². The van der Waals surface area contributed by atoms with Crippen molar-refractivity contribution >= 4 is 29.5 Å². The number of hydrogen-bond donors (Lipinski definition) is 2. The van der Waals surface area contributed by atoms with Crippen LogP contribution in [0, 0.1) is 20.8 Å². The van der Waals surface area contributed by atoms with Crippen molar-refractivity contribution in [3.63, 3.8) is 0 Å². The standard InChI is InChI=1S/C16H19NO7/c1-7-12(15(20)21)8(2)14(9(3)13(7)16(22)23)17(5)11(19)6-24-10(4)18/h6H2,1-5H3,(H,20,21)(H,22,23). The summed E-state index contributed by atoms with van der Waals surface area (Å²) in [6, 6.07) is 0. The van der Waals surface area contributed by atoms with E-state index >= 15 is 0 Å². The van der Waals surface area contributed by atoms with Crippen molar-refractivity contribution in [2.45, 2.75) is 27.7 Å². The minimum Gasteiger partial charge on any atom is -0.478 e. The van der Waals surface area contributed by atoms with Crippen LogP contribution in [0.15, 0.2) is 0 Å². The van der Waals surface area contributed by atoms with Crippen LogP contribution in [0.3, 0.4) is 0 Å². The van der Waals surface area contributed by atoms with Crippen LogP contribution < -0.4 is 4.90 Å². The molecule has 8 heteroatoms. The molecule has 0 atom stereocenters. The number of amides is 1. The number of carbonyl (C=O) groups is 4. The van der Waals surface area contributed by atoms with Gasteiger partial charge in [0, 0.05) is 14.0 Å². The highest BCUT2D eigenvalue weighted by Crippen LogP contribution is 2.33. The fourth-order valence-corrected chi connectivity index (χ4v) is 2.74. The Kier molecular flexibility index (Phi) is 5.68. The van der Waals surface area contributed by atoms with Crippen LogP contribution in [0.25, 0.3) is 0 Å². The van der Waals surface area contributed by atoms with E-state index in [0.717, 1.165) is 11.8 Å². The molecule has 0 unspecified atom stereocenters. The maximum absolute atomic E-state index is 12.2. The van der Waals surface area contributed by atoms with Crippen molar-refractivity contribution < 1.29 is 34.1 Å². The molecule has 8 nitrogen and oxygen atoms in total. The van der Waals surface area contributed by atoms with Gasteiger partial charge in [0.25, 0.3) is 5.91 Å². The number of rotatable bonds is 5. The van der Waals surface area contributed by atoms with Gasteiger partial charge >= 0.3 is 17.9 Å². The third-order valence-electron chi connectivity index (χ3n) is 3.75. The first kappa shape index (κ1) is 19.1. The summed E-state index contributed by atoms with van der Waals surface area (Å²) in [7, 11) is 1.37. The lowest BCUT2D eigenvalue weighted by Gasteiger charge is -2.25. The number of anilines is 1. The molecule has 130 valence electrons. The molecule has 1 aromatic carbocycles. The molecule has 2 N–H and O–H groups in total. The minimum absolute atomic E-state index is 0.120. The molecule has 0 aliphatic heterocycles. The molecule has 0 saturated carbocycles. The topological polar surface area (TPSA) is 121 Å². The van der Waals surface area contributed by atoms with Crippen molar-refractivity contribution in [1.29, 1.82) is 0 Å². The second-order valence-electron chi connectivity index (χ2n) is 5.32. The third kappa shape index (κ3) is 3.53. The van der Waals surface area contributed by atoms with Gasteiger partial charge in [0.15, 0.2) is 6.61 Å². The lowest BCUT2D eigenvalue weighted by Crippen LogP contribution is -2.33. The Morgan fingerprint density at radius 1 is 0.917 bits per heavy atom. The zero-order valence-corrected chi connectivity index (χ0v) is 14.1. The Bertz CT molecular complexity index is 695. The number of carboxylic acids is 2. The quantitative estimate of drug-likeness (QED) is 0.781. The molecule has 0 spiro atoms. The van der Waals surface area contributed by atoms with Gasteiger partial charge in [-0.1, -0.05) is 0 Å². The molecule has 1 amide bonds. The number of esters is 1. The van der Waals surface area contributed by atoms with Crippen LogP contribution >= 0.6 is 0 Å². The molecule has 1 rings (SSSR count). The highest BCUT2D eigenvalue weighted by atomic mass is 16.5. The predicted molar refractivity (Wildman–Crippen MR) is 84.6 cm³/mol. The Balaban J connectivity index is 3.57. The van der Waals surface area contributed by atoms with Gasteiger partial charge < -0.3 is 19.8 Å². The summed E-state index contributed by atoms with van der Waals surface area (Å²) in [6.07, 6.45) is 0. The summed E-state index contributed by atoms with van der Waals surface area (Å²) < 4.78 is 4.64. The van der Waals surface area contributed by atoms with Gasteiger partial charge in [-0.05, 0) is 37.5 Å². The molecule has 0 fully saturated rings. The van der Waals surface area contributed by atoms with Gasteiger partial charge in [-0.3, -0.25) is 9.59 Å². The van der Waals surface area contributed by atoms with E-state index in [0.29, 0.717) is 0 Å². The molecule has 0 saturated heterocycles. The van der Waals surface area contributed by atoms with Gasteiger partial charge in [-0.25, -0.2) is 9.59 Å². The molecule has 0 aliphatic rings. The number of ether oxygens (including phenoxy) is 1. The Morgan fingerprint density at radius 3 is 1.67 bits per heavy atom. The zero-order chi connectivity index (χ0) is 18.8. The summed E-state index contributed by atoms with van der Waals surface area (Å²) >= 11 is 0. The number of carbonyl (C=O) groups excluding carboxylic acids is 2. The first-order chi connectivity index (χ1) is 11.0. The number of aromatic carboxylic acids is 2. The molecular weight excluding hydrogens is 318 g/mol. The summed E-state index contributed by atoms with van der Waals surface area (Å²) in [5.74, 6) is -3.80. The highest BCUT2D eigenvalue weighted by molar-refractivity contribution is 6.05. The second kappa shape index (κ2) is 7.12. The van der Waals surface area contributed by atoms with Crippen LogP contribution in [-0.4, -0.2) is 47.7 Å². The summed E-state index contributed by atoms with van der Waals surface area (Å²) in [5, 5.41) is 18.8. The maximum atomic E-state index is 12.2. The average Bonchev–Trinajstić information content (AvgIpc) is 2.43. The van der Waals surface area contributed by atoms with Gasteiger partial charge in [-0.2, -0.15) is 0 Å². The summed E-state index contributed by atoms with van der Waals surface area (Å²) in [6.45, 7) is 5.04. The van der Waals surface area contributed by atoms with E-state index in [1.807, 2.05) is 0 Å². The van der Waals surface area contributed by atoms with Crippen LogP contribution in [0.5, 0.6) is 0 Å². The maximum Gasteiger partial charge on any atom is 0.336 e. The molecule has 0 radical (unpaired) electrons. The van der Waals surface area contributed by atoms with E-state index in [9.17, 15) is 29.4 Å². The largest absolute Gasteiger partial charge is 0.478 e. The average molecular weight is 337 g/mol. The van der Waals surface area contributed by atoms with E-state index in [1.54, 1.807) is 0 Å². The Morgan fingerprint density at radius 2 is 1.33 bits per heavy atom. The zero-order valence-electron chi connectivity index (χ0n) is 14.1. The van der Waals surface area contributed by atoms with Gasteiger partial charge in [0.05, 0.1) is 16.8 Å². The van der Waals surface area contributed by atoms with E-state index < -0.39 is 30.4 Å². The van der Waals surface area contributed by atoms with Crippen LogP contribution in [-0.2, 0) is 14.3 Å². The molecular formula is C16H19NO7. The van der Waals surface area contributed by atoms with E-state index in [-0.39, 0.29) is 33.5 Å². The molecule has 1 aromatic rings. The number of nitrogens with zero attached hydrogens (tertiary/aromatic N) is 1. The second-order valence-corrected chi connectivity index (χ2v) is 5.32. The van der Waals surface area contributed by atoms with Crippen molar-refractivity contribution in [3.8, 4) is 0 Å². The Labute approximate surface area is 138 Å². The number of benzene rings is 1. The molecule has 0 aromatic heterocycles. The van der Waals surface area contributed by atoms with Crippen LogP contribution in [0.4, 0.5) is 5.69 Å². The van der Waals surface area contributed by atoms with E-state index in [2.05, 4.69) is 4.74 Å². The first-order valence-corrected chi connectivity index (χ1v) is 7.00. The van der Waals surface area contributed by atoms with E-state index in [1.165, 1.54) is 27.8 Å². The summed E-state index contributed by atoms with van der Waals surface area (Å²) in [5.41, 5.74) is 0.491. The lowest BCUT2D eigenvalue weighted by molar-refractivity contribution is -0.145. The van der Waals surface area contributed by atoms with Gasteiger partial charge in [0.1, 0.15) is 0 Å². The molecule has 0 aliphatic carbocycles. The summed E-state index contributed by atoms with van der Waals surface area (Å²) in [4.78, 5) is 47.1. The highest BCUT2D eigenvalue weighted by Gasteiger charge is 2.28. The van der Waals surface area contributed by atoms with Crippen molar-refractivity contribution in [1.82, 2.24) is 0 Å². The van der Waals surface area contributed by atoms with Crippen molar-refractivity contribution in [3.05, 3.63) is 27.8 Å². The van der Waals surface area contributed by atoms with Crippen molar-refractivity contribution in [2.24, 2.45) is 0 Å². The predicted octanol–water partition coefficient (Wildman–Crippen LogP) is 1.53. The molecule has 0 bridgehead atoms. The lowest BCUT2D eigenvalue weighted by atomic mass is 9.90. The fraction of sp³-hybridized carbons (Fsp3) is 0.375. The molecule has 24 heavy (non-hydrogen) atoms. The minimum atomic E-state index is -1.28.